The van der Waals surface area contributed by atoms with Crippen molar-refractivity contribution in [1.82, 2.24) is 0 Å². The predicted molar refractivity (Wildman–Crippen MR) is 175 cm³/mol. The first-order valence-electron chi connectivity index (χ1n) is 14.0. The molecule has 0 nitrogen and oxygen atoms in total. The first-order valence-corrected chi connectivity index (χ1v) is 16.3. The van der Waals surface area contributed by atoms with Crippen molar-refractivity contribution in [2.75, 3.05) is 6.16 Å². The van der Waals surface area contributed by atoms with Gasteiger partial charge in [-0.15, -0.1) is 0 Å². The molecule has 0 saturated carbocycles. The van der Waals surface area contributed by atoms with Crippen molar-refractivity contribution in [2.24, 2.45) is 0 Å². The fourth-order valence-electron chi connectivity index (χ4n) is 3.51. The molecule has 2 unspecified atom stereocenters. The molecule has 1 aliphatic carbocycles. The predicted octanol–water partition coefficient (Wildman–Crippen LogP) is 11.2. The molecule has 3 aromatic carbocycles. The van der Waals surface area contributed by atoms with Gasteiger partial charge in [-0.05, 0) is 60.1 Å². The molecule has 0 N–H and O–H groups in total. The van der Waals surface area contributed by atoms with Crippen molar-refractivity contribution in [3.63, 3.8) is 0 Å². The molecule has 18 heteroatoms. The van der Waals surface area contributed by atoms with Crippen LogP contribution < -0.4 is 10.6 Å². The maximum absolute atomic E-state index is 9.75. The van der Waals surface area contributed by atoms with E-state index < -0.39 is 21.8 Å². The Morgan fingerprint density at radius 2 is 0.851 bits per heavy atom. The first-order chi connectivity index (χ1) is 21.4. The number of hydrogen-bond donors (Lipinski definition) is 0. The molecular weight excluding hydrogens is 774 g/mol. The third-order valence-electron chi connectivity index (χ3n) is 5.17. The topological polar surface area (TPSA) is 0 Å². The van der Waals surface area contributed by atoms with Gasteiger partial charge in [0.05, 0.1) is 0 Å². The van der Waals surface area contributed by atoms with E-state index in [1.807, 2.05) is 0 Å². The SMILES string of the molecule is C1=CCCCCC=C1.F[B-](F)(F)F.F[B-](F)(F)F.F[B-](F)(F)F.[Rh+3].c1ccc(C[C@@H](CPc2ccccc2)Pc2ccccc2)cc1. The number of hydrogen-bond acceptors (Lipinski definition) is 0. The summed E-state index contributed by atoms with van der Waals surface area (Å²) >= 11 is 0. The minimum Gasteiger partial charge on any atom is -0.418 e. The molecule has 0 heterocycles. The summed E-state index contributed by atoms with van der Waals surface area (Å²) in [5.41, 5.74) is 2.18. The number of rotatable bonds is 7. The Morgan fingerprint density at radius 3 is 1.23 bits per heavy atom. The zero-order valence-corrected chi connectivity index (χ0v) is 28.5. The summed E-state index contributed by atoms with van der Waals surface area (Å²) in [7, 11) is -16.2. The van der Waals surface area contributed by atoms with E-state index in [1.54, 1.807) is 0 Å². The average molecular weight is 808 g/mol. The molecule has 0 radical (unpaired) electrons. The summed E-state index contributed by atoms with van der Waals surface area (Å²) in [6, 6.07) is 32.8. The van der Waals surface area contributed by atoms with Crippen LogP contribution >= 0.6 is 17.2 Å². The molecule has 0 bridgehead atoms. The molecule has 262 valence electrons. The molecule has 0 fully saturated rings. The largest absolute Gasteiger partial charge is 3.00 e. The Labute approximate surface area is 284 Å². The van der Waals surface area contributed by atoms with Gasteiger partial charge in [0.2, 0.25) is 0 Å². The van der Waals surface area contributed by atoms with E-state index in [0.29, 0.717) is 0 Å². The standard InChI is InChI=1S/C21H22P2.C8H12.3BF4.Rh/c1-4-10-18(11-5-1)16-21(23-20-14-8-3-9-15-20)17-22-19-12-6-2-7-13-19;1-2-4-6-8-7-5-3-1;3*2-1(3,4)5;/h1-15,21-23H,16-17H2;1-4H,5-8H2;;;;/q;;3*-1;+3/t21-;;;;;/m0...../s1. The van der Waals surface area contributed by atoms with Crippen molar-refractivity contribution in [3.8, 4) is 0 Å². The van der Waals surface area contributed by atoms with Gasteiger partial charge in [-0.1, -0.05) is 132 Å². The van der Waals surface area contributed by atoms with E-state index in [4.69, 9.17) is 0 Å². The molecule has 1 aliphatic rings. The fourth-order valence-corrected chi connectivity index (χ4v) is 6.48. The van der Waals surface area contributed by atoms with E-state index in [1.165, 1.54) is 54.4 Å². The molecule has 3 atom stereocenters. The van der Waals surface area contributed by atoms with Crippen molar-refractivity contribution in [1.29, 1.82) is 0 Å². The molecule has 0 aromatic heterocycles. The Morgan fingerprint density at radius 1 is 0.511 bits per heavy atom. The Bertz CT molecular complexity index is 1100. The van der Waals surface area contributed by atoms with Crippen LogP contribution in [0.1, 0.15) is 31.2 Å². The molecule has 0 amide bonds. The van der Waals surface area contributed by atoms with Gasteiger partial charge in [-0.25, -0.2) is 0 Å². The normalized spacial score (nSPS) is 13.6. The summed E-state index contributed by atoms with van der Waals surface area (Å²) in [5.74, 6) is 0. The van der Waals surface area contributed by atoms with E-state index in [-0.39, 0.29) is 19.5 Å². The van der Waals surface area contributed by atoms with Crippen molar-refractivity contribution < 1.29 is 71.3 Å². The molecule has 47 heavy (non-hydrogen) atoms. The maximum atomic E-state index is 9.75. The van der Waals surface area contributed by atoms with Gasteiger partial charge in [-0.2, -0.15) is 0 Å². The van der Waals surface area contributed by atoms with Crippen molar-refractivity contribution in [3.05, 3.63) is 121 Å². The van der Waals surface area contributed by atoms with Crippen LogP contribution in [0.5, 0.6) is 0 Å². The summed E-state index contributed by atoms with van der Waals surface area (Å²) in [5, 5.41) is 2.95. The van der Waals surface area contributed by atoms with Crippen LogP contribution in [-0.4, -0.2) is 33.6 Å². The van der Waals surface area contributed by atoms with Gasteiger partial charge in [0.15, 0.2) is 0 Å². The van der Waals surface area contributed by atoms with Gasteiger partial charge in [0, 0.05) is 0 Å². The Kier molecular flexibility index (Phi) is 26.9. The van der Waals surface area contributed by atoms with Crippen molar-refractivity contribution >= 4 is 49.5 Å². The van der Waals surface area contributed by atoms with E-state index in [9.17, 15) is 51.8 Å². The van der Waals surface area contributed by atoms with Crippen LogP contribution in [0.4, 0.5) is 51.8 Å². The minimum atomic E-state index is -6.00. The Balaban J connectivity index is 0. The van der Waals surface area contributed by atoms with Crippen LogP contribution in [0.25, 0.3) is 0 Å². The zero-order chi connectivity index (χ0) is 34.9. The molecule has 0 aliphatic heterocycles. The smallest absolute Gasteiger partial charge is 0.418 e. The fraction of sp³-hybridized carbons (Fsp3) is 0.241. The summed E-state index contributed by atoms with van der Waals surface area (Å²) in [6.45, 7) is 0. The van der Waals surface area contributed by atoms with Gasteiger partial charge < -0.3 is 51.8 Å². The zero-order valence-electron chi connectivity index (χ0n) is 24.9. The van der Waals surface area contributed by atoms with E-state index in [2.05, 4.69) is 115 Å². The average Bonchev–Trinajstić information content (AvgIpc) is 2.91. The molecule has 0 spiro atoms. The van der Waals surface area contributed by atoms with E-state index in [0.717, 1.165) is 22.8 Å². The van der Waals surface area contributed by atoms with Gasteiger partial charge in [-0.3, -0.25) is 0 Å². The summed E-state index contributed by atoms with van der Waals surface area (Å²) in [6.07, 6.45) is 16.4. The van der Waals surface area contributed by atoms with Crippen molar-refractivity contribution in [2.45, 2.75) is 37.8 Å². The monoisotopic (exact) mass is 808 g/mol. The second-order valence-corrected chi connectivity index (χ2v) is 12.3. The molecule has 3 aromatic rings. The third-order valence-corrected chi connectivity index (χ3v) is 8.50. The summed E-state index contributed by atoms with van der Waals surface area (Å²) in [4.78, 5) is 0. The van der Waals surface area contributed by atoms with Crippen LogP contribution in [0.2, 0.25) is 0 Å². The van der Waals surface area contributed by atoms with E-state index >= 15 is 0 Å². The Hall–Kier alpha value is -2.02. The number of allylic oxidation sites excluding steroid dienone is 4. The second-order valence-electron chi connectivity index (χ2n) is 9.27. The second kappa shape index (κ2) is 26.9. The van der Waals surface area contributed by atoms with Crippen LogP contribution in [0, 0.1) is 0 Å². The maximum Gasteiger partial charge on any atom is 3.00 e. The summed E-state index contributed by atoms with van der Waals surface area (Å²) < 4.78 is 117. The number of benzene rings is 3. The minimum absolute atomic E-state index is 0. The van der Waals surface area contributed by atoms with Gasteiger partial charge >= 0.3 is 41.2 Å². The third kappa shape index (κ3) is 42.0. The first kappa shape index (κ1) is 47.1. The number of halogens is 12. The van der Waals surface area contributed by atoms with Crippen LogP contribution in [0.15, 0.2) is 115 Å². The molecular formula is C29H34B3F12P2Rh. The quantitative estimate of drug-likeness (QED) is 0.127. The molecule has 0 saturated heterocycles. The molecule has 4 rings (SSSR count). The van der Waals surface area contributed by atoms with Gasteiger partial charge in [0.1, 0.15) is 0 Å². The van der Waals surface area contributed by atoms with Crippen LogP contribution in [0.3, 0.4) is 0 Å². The van der Waals surface area contributed by atoms with Gasteiger partial charge in [0.25, 0.3) is 0 Å². The van der Waals surface area contributed by atoms with Crippen LogP contribution in [-0.2, 0) is 25.9 Å².